The van der Waals surface area contributed by atoms with Crippen LogP contribution in [-0.4, -0.2) is 15.9 Å². The standard InChI is InChI=1S/C27H26N2O3S/c1-18-8-11-23(12-19(18)2)33-17-22-14-25(26(30)29-16-22)32-27(31)24-13-21(15-28-24)10-9-20-6-4-3-5-7-20/h3-8,11-16,28H,9-10,17H2,1-2H3,(H,29,30). The van der Waals surface area contributed by atoms with Crippen LogP contribution in [0.15, 0.2) is 82.7 Å². The molecule has 6 heteroatoms. The highest BCUT2D eigenvalue weighted by molar-refractivity contribution is 7.98. The summed E-state index contributed by atoms with van der Waals surface area (Å²) in [5.41, 5.74) is 5.51. The number of pyridine rings is 1. The zero-order valence-corrected chi connectivity index (χ0v) is 19.5. The van der Waals surface area contributed by atoms with Crippen LogP contribution in [0.25, 0.3) is 0 Å². The van der Waals surface area contributed by atoms with Gasteiger partial charge in [-0.2, -0.15) is 0 Å². The van der Waals surface area contributed by atoms with Crippen LogP contribution >= 0.6 is 11.8 Å². The van der Waals surface area contributed by atoms with Crippen molar-refractivity contribution in [1.82, 2.24) is 9.97 Å². The molecule has 0 fully saturated rings. The van der Waals surface area contributed by atoms with Gasteiger partial charge >= 0.3 is 5.97 Å². The molecule has 0 aliphatic heterocycles. The van der Waals surface area contributed by atoms with Gasteiger partial charge in [-0.1, -0.05) is 36.4 Å². The van der Waals surface area contributed by atoms with Crippen molar-refractivity contribution in [3.63, 3.8) is 0 Å². The minimum absolute atomic E-state index is 0.00128. The number of ether oxygens (including phenoxy) is 1. The Bertz CT molecular complexity index is 1310. The lowest BCUT2D eigenvalue weighted by atomic mass is 10.1. The molecule has 0 atom stereocenters. The van der Waals surface area contributed by atoms with Gasteiger partial charge in [0.1, 0.15) is 5.69 Å². The van der Waals surface area contributed by atoms with Gasteiger partial charge in [0, 0.05) is 23.0 Å². The summed E-state index contributed by atoms with van der Waals surface area (Å²) < 4.78 is 5.41. The topological polar surface area (TPSA) is 75.0 Å². The molecule has 0 aliphatic carbocycles. The van der Waals surface area contributed by atoms with E-state index < -0.39 is 11.5 Å². The quantitative estimate of drug-likeness (QED) is 0.266. The fourth-order valence-corrected chi connectivity index (χ4v) is 4.35. The second kappa shape index (κ2) is 10.4. The molecule has 33 heavy (non-hydrogen) atoms. The second-order valence-corrected chi connectivity index (χ2v) is 9.08. The number of aryl methyl sites for hydroxylation is 4. The number of aromatic amines is 2. The molecule has 4 rings (SSSR count). The summed E-state index contributed by atoms with van der Waals surface area (Å²) in [6.07, 6.45) is 5.15. The molecule has 0 radical (unpaired) electrons. The minimum Gasteiger partial charge on any atom is -0.416 e. The molecule has 2 heterocycles. The molecule has 5 nitrogen and oxygen atoms in total. The lowest BCUT2D eigenvalue weighted by Crippen LogP contribution is -2.17. The first-order valence-corrected chi connectivity index (χ1v) is 11.8. The van der Waals surface area contributed by atoms with E-state index in [1.54, 1.807) is 36.3 Å². The summed E-state index contributed by atoms with van der Waals surface area (Å²) in [5.74, 6) is 0.0692. The summed E-state index contributed by atoms with van der Waals surface area (Å²) in [7, 11) is 0. The number of carbonyl (C=O) groups is 1. The first-order chi connectivity index (χ1) is 16.0. The van der Waals surface area contributed by atoms with Gasteiger partial charge in [-0.25, -0.2) is 4.79 Å². The molecule has 2 aromatic carbocycles. The molecule has 0 amide bonds. The highest BCUT2D eigenvalue weighted by atomic mass is 32.2. The van der Waals surface area contributed by atoms with E-state index in [9.17, 15) is 9.59 Å². The average molecular weight is 459 g/mol. The van der Waals surface area contributed by atoms with Crippen molar-refractivity contribution in [3.8, 4) is 5.75 Å². The number of hydrogen-bond donors (Lipinski definition) is 2. The van der Waals surface area contributed by atoms with E-state index in [-0.39, 0.29) is 5.75 Å². The molecule has 0 bridgehead atoms. The first-order valence-electron chi connectivity index (χ1n) is 10.8. The Hall–Kier alpha value is -3.51. The summed E-state index contributed by atoms with van der Waals surface area (Å²) >= 11 is 1.66. The normalized spacial score (nSPS) is 10.8. The van der Waals surface area contributed by atoms with Gasteiger partial charge < -0.3 is 14.7 Å². The van der Waals surface area contributed by atoms with E-state index in [4.69, 9.17) is 4.74 Å². The number of rotatable bonds is 8. The van der Waals surface area contributed by atoms with Crippen molar-refractivity contribution >= 4 is 17.7 Å². The predicted octanol–water partition coefficient (Wildman–Crippen LogP) is 5.62. The van der Waals surface area contributed by atoms with Crippen LogP contribution in [-0.2, 0) is 18.6 Å². The molecule has 0 saturated heterocycles. The third-order valence-electron chi connectivity index (χ3n) is 5.52. The molecule has 2 N–H and O–H groups in total. The molecule has 0 aliphatic rings. The van der Waals surface area contributed by atoms with Gasteiger partial charge in [-0.05, 0) is 78.8 Å². The Morgan fingerprint density at radius 2 is 1.61 bits per heavy atom. The number of hydrogen-bond acceptors (Lipinski definition) is 4. The summed E-state index contributed by atoms with van der Waals surface area (Å²) in [5, 5.41) is 0. The van der Waals surface area contributed by atoms with Crippen LogP contribution < -0.4 is 10.3 Å². The number of H-pyrrole nitrogens is 2. The molecule has 0 saturated carbocycles. The van der Waals surface area contributed by atoms with Crippen LogP contribution in [0.3, 0.4) is 0 Å². The number of carbonyl (C=O) groups excluding carboxylic acids is 1. The maximum Gasteiger partial charge on any atom is 0.360 e. The fourth-order valence-electron chi connectivity index (χ4n) is 3.42. The second-order valence-electron chi connectivity index (χ2n) is 8.03. The summed E-state index contributed by atoms with van der Waals surface area (Å²) in [6, 6.07) is 19.9. The minimum atomic E-state index is -0.578. The van der Waals surface area contributed by atoms with Crippen molar-refractivity contribution in [2.75, 3.05) is 0 Å². The Morgan fingerprint density at radius 1 is 0.848 bits per heavy atom. The third kappa shape index (κ3) is 6.05. The van der Waals surface area contributed by atoms with Crippen molar-refractivity contribution in [1.29, 1.82) is 0 Å². The fraction of sp³-hybridized carbons (Fsp3) is 0.185. The molecule has 4 aromatic rings. The zero-order valence-electron chi connectivity index (χ0n) is 18.7. The number of thioether (sulfide) groups is 1. The molecular weight excluding hydrogens is 432 g/mol. The summed E-state index contributed by atoms with van der Waals surface area (Å²) in [4.78, 5) is 31.6. The van der Waals surface area contributed by atoms with Crippen LogP contribution in [0.2, 0.25) is 0 Å². The lowest BCUT2D eigenvalue weighted by molar-refractivity contribution is 0.0726. The van der Waals surface area contributed by atoms with Crippen LogP contribution in [0, 0.1) is 13.8 Å². The van der Waals surface area contributed by atoms with E-state index in [0.29, 0.717) is 11.4 Å². The van der Waals surface area contributed by atoms with Crippen LogP contribution in [0.1, 0.15) is 38.3 Å². The maximum absolute atomic E-state index is 12.6. The van der Waals surface area contributed by atoms with Crippen molar-refractivity contribution in [2.45, 2.75) is 37.3 Å². The van der Waals surface area contributed by atoms with Crippen molar-refractivity contribution in [2.24, 2.45) is 0 Å². The number of benzene rings is 2. The third-order valence-corrected chi connectivity index (χ3v) is 6.59. The molecule has 2 aromatic heterocycles. The zero-order chi connectivity index (χ0) is 23.2. The highest BCUT2D eigenvalue weighted by Crippen LogP contribution is 2.25. The number of nitrogens with one attached hydrogen (secondary N) is 2. The Balaban J connectivity index is 1.38. The van der Waals surface area contributed by atoms with E-state index >= 15 is 0 Å². The monoisotopic (exact) mass is 458 g/mol. The maximum atomic E-state index is 12.6. The van der Waals surface area contributed by atoms with E-state index in [0.717, 1.165) is 28.9 Å². The highest BCUT2D eigenvalue weighted by Gasteiger charge is 2.14. The SMILES string of the molecule is Cc1ccc(SCc2c[nH]c(=O)c(OC(=O)c3cc(CCc4ccccc4)c[nH]3)c2)cc1C. The Kier molecular flexibility index (Phi) is 7.15. The van der Waals surface area contributed by atoms with E-state index in [1.165, 1.54) is 16.7 Å². The summed E-state index contributed by atoms with van der Waals surface area (Å²) in [6.45, 7) is 4.17. The lowest BCUT2D eigenvalue weighted by Gasteiger charge is -2.07. The first kappa shape index (κ1) is 22.7. The molecule has 0 spiro atoms. The van der Waals surface area contributed by atoms with Gasteiger partial charge in [-0.15, -0.1) is 11.8 Å². The van der Waals surface area contributed by atoms with Gasteiger partial charge in [0.15, 0.2) is 5.75 Å². The largest absolute Gasteiger partial charge is 0.416 e. The van der Waals surface area contributed by atoms with Gasteiger partial charge in [0.2, 0.25) is 0 Å². The smallest absolute Gasteiger partial charge is 0.360 e. The van der Waals surface area contributed by atoms with Gasteiger partial charge in [-0.3, -0.25) is 4.79 Å². The molecular formula is C27H26N2O3S. The van der Waals surface area contributed by atoms with Crippen LogP contribution in [0.4, 0.5) is 0 Å². The Morgan fingerprint density at radius 3 is 2.39 bits per heavy atom. The molecule has 0 unspecified atom stereocenters. The van der Waals surface area contributed by atoms with E-state index in [1.807, 2.05) is 18.2 Å². The van der Waals surface area contributed by atoms with Gasteiger partial charge in [0.05, 0.1) is 0 Å². The Labute approximate surface area is 197 Å². The number of esters is 1. The van der Waals surface area contributed by atoms with E-state index in [2.05, 4.69) is 54.1 Å². The van der Waals surface area contributed by atoms with Crippen molar-refractivity contribution < 1.29 is 9.53 Å². The number of aromatic nitrogens is 2. The molecule has 168 valence electrons. The predicted molar refractivity (Wildman–Crippen MR) is 132 cm³/mol. The average Bonchev–Trinajstić information content (AvgIpc) is 3.30. The van der Waals surface area contributed by atoms with Crippen LogP contribution in [0.5, 0.6) is 5.75 Å². The van der Waals surface area contributed by atoms with Crippen molar-refractivity contribution in [3.05, 3.63) is 117 Å². The van der Waals surface area contributed by atoms with Gasteiger partial charge in [0.25, 0.3) is 5.56 Å².